The van der Waals surface area contributed by atoms with Gasteiger partial charge in [0, 0.05) is 23.9 Å². The molecule has 1 aromatic heterocycles. The molecule has 6 rings (SSSR count). The number of benzene rings is 1. The average Bonchev–Trinajstić information content (AvgIpc) is 3.22. The van der Waals surface area contributed by atoms with E-state index in [9.17, 15) is 9.90 Å². The largest absolute Gasteiger partial charge is 0.465 e. The summed E-state index contributed by atoms with van der Waals surface area (Å²) >= 11 is 1.71. The summed E-state index contributed by atoms with van der Waals surface area (Å²) in [5, 5.41) is 12.3. The molecule has 1 aromatic carbocycles. The molecule has 1 amide bonds. The van der Waals surface area contributed by atoms with Gasteiger partial charge in [0.15, 0.2) is 0 Å². The molecule has 4 aliphatic heterocycles. The van der Waals surface area contributed by atoms with Crippen LogP contribution in [0.25, 0.3) is 0 Å². The molecule has 0 aliphatic carbocycles. The van der Waals surface area contributed by atoms with E-state index >= 15 is 0 Å². The molecule has 4 nitrogen and oxygen atoms in total. The molecule has 3 fully saturated rings. The zero-order valence-electron chi connectivity index (χ0n) is 14.8. The number of piperidine rings is 3. The highest BCUT2D eigenvalue weighted by molar-refractivity contribution is 7.10. The number of carboxylic acid groups (broad SMARTS) is 1. The minimum atomic E-state index is -0.788. The van der Waals surface area contributed by atoms with Gasteiger partial charge in [0.1, 0.15) is 5.54 Å². The molecule has 3 saturated heterocycles. The first-order valence-corrected chi connectivity index (χ1v) is 10.4. The third-order valence-electron chi connectivity index (χ3n) is 6.78. The Bertz CT molecular complexity index is 813. The summed E-state index contributed by atoms with van der Waals surface area (Å²) in [5.74, 6) is 0.913. The number of amides is 1. The summed E-state index contributed by atoms with van der Waals surface area (Å²) in [6.45, 7) is 3.90. The lowest BCUT2D eigenvalue weighted by molar-refractivity contribution is -0.0407. The van der Waals surface area contributed by atoms with Gasteiger partial charge in [-0.05, 0) is 60.8 Å². The van der Waals surface area contributed by atoms with Crippen LogP contribution in [0.4, 0.5) is 4.79 Å². The normalized spacial score (nSPS) is 33.1. The van der Waals surface area contributed by atoms with Crippen molar-refractivity contribution in [2.24, 2.45) is 11.8 Å². The van der Waals surface area contributed by atoms with E-state index in [4.69, 9.17) is 0 Å². The Kier molecular flexibility index (Phi) is 3.83. The molecule has 136 valence electrons. The first-order chi connectivity index (χ1) is 12.7. The number of fused-ring (bicyclic) bond motifs is 4. The van der Waals surface area contributed by atoms with Crippen molar-refractivity contribution in [2.75, 3.05) is 26.2 Å². The molecule has 5 heterocycles. The van der Waals surface area contributed by atoms with Crippen LogP contribution >= 0.6 is 11.3 Å². The lowest BCUT2D eigenvalue weighted by atomic mass is 9.62. The van der Waals surface area contributed by atoms with Crippen LogP contribution in [0.3, 0.4) is 0 Å². The van der Waals surface area contributed by atoms with Gasteiger partial charge in [-0.1, -0.05) is 30.3 Å². The smallest absolute Gasteiger partial charge is 0.408 e. The first-order valence-electron chi connectivity index (χ1n) is 9.56. The zero-order chi connectivity index (χ0) is 17.7. The van der Waals surface area contributed by atoms with E-state index in [2.05, 4.69) is 46.7 Å². The molecular weight excluding hydrogens is 344 g/mol. The van der Waals surface area contributed by atoms with Crippen LogP contribution in [0.1, 0.15) is 28.8 Å². The maximum Gasteiger partial charge on any atom is 0.408 e. The average molecular weight is 369 g/mol. The number of rotatable bonds is 2. The fraction of sp³-hybridized carbons (Fsp3) is 0.476. The molecule has 2 bridgehead atoms. The quantitative estimate of drug-likeness (QED) is 0.875. The summed E-state index contributed by atoms with van der Waals surface area (Å²) in [6, 6.07) is 12.8. The lowest BCUT2D eigenvalue weighted by Crippen LogP contribution is -2.64. The summed E-state index contributed by atoms with van der Waals surface area (Å²) in [7, 11) is 0. The van der Waals surface area contributed by atoms with Crippen LogP contribution in [0, 0.1) is 11.8 Å². The lowest BCUT2D eigenvalue weighted by Gasteiger charge is -2.57. The number of nitrogens with zero attached hydrogens (tertiary/aromatic N) is 2. The van der Waals surface area contributed by atoms with Gasteiger partial charge in [-0.3, -0.25) is 4.90 Å². The number of hydrogen-bond acceptors (Lipinski definition) is 3. The van der Waals surface area contributed by atoms with Gasteiger partial charge < -0.3 is 10.0 Å². The predicted octanol–water partition coefficient (Wildman–Crippen LogP) is 3.87. The second-order valence-electron chi connectivity index (χ2n) is 7.83. The van der Waals surface area contributed by atoms with Crippen molar-refractivity contribution in [3.63, 3.8) is 0 Å². The second kappa shape index (κ2) is 6.10. The third-order valence-corrected chi connectivity index (χ3v) is 7.77. The SMILES string of the molecule is O=C(O)N1CCc2ccccc2C1(c1cccs1)C1CN2CCC1CC2. The van der Waals surface area contributed by atoms with Crippen LogP contribution in [0.15, 0.2) is 41.8 Å². The zero-order valence-corrected chi connectivity index (χ0v) is 15.6. The van der Waals surface area contributed by atoms with Crippen molar-refractivity contribution in [2.45, 2.75) is 24.8 Å². The number of thiophene rings is 1. The number of hydrogen-bond donors (Lipinski definition) is 1. The van der Waals surface area contributed by atoms with Crippen molar-refractivity contribution in [3.8, 4) is 0 Å². The van der Waals surface area contributed by atoms with Crippen LogP contribution in [-0.2, 0) is 12.0 Å². The van der Waals surface area contributed by atoms with Crippen LogP contribution in [0.5, 0.6) is 0 Å². The van der Waals surface area contributed by atoms with Crippen molar-refractivity contribution >= 4 is 17.4 Å². The Morgan fingerprint density at radius 2 is 1.92 bits per heavy atom. The van der Waals surface area contributed by atoms with E-state index in [0.29, 0.717) is 18.4 Å². The van der Waals surface area contributed by atoms with E-state index < -0.39 is 11.6 Å². The maximum atomic E-state index is 12.4. The fourth-order valence-corrected chi connectivity index (χ4v) is 6.70. The molecular formula is C21H24N2O2S. The van der Waals surface area contributed by atoms with Gasteiger partial charge in [-0.15, -0.1) is 11.3 Å². The standard InChI is InChI=1S/C21H24N2O2S/c24-20(25)23-12-9-15-4-1-2-5-17(15)21(23,19-6-3-13-26-19)18-14-22-10-7-16(18)8-11-22/h1-6,13,16,18H,7-12,14H2,(H,24,25). The molecule has 2 aromatic rings. The molecule has 26 heavy (non-hydrogen) atoms. The molecule has 0 radical (unpaired) electrons. The minimum absolute atomic E-state index is 0.321. The predicted molar refractivity (Wildman–Crippen MR) is 103 cm³/mol. The Morgan fingerprint density at radius 1 is 1.12 bits per heavy atom. The molecule has 2 unspecified atom stereocenters. The van der Waals surface area contributed by atoms with E-state index in [0.717, 1.165) is 26.1 Å². The van der Waals surface area contributed by atoms with Gasteiger partial charge in [-0.2, -0.15) is 0 Å². The summed E-state index contributed by atoms with van der Waals surface area (Å²) in [6.07, 6.45) is 2.39. The topological polar surface area (TPSA) is 43.8 Å². The van der Waals surface area contributed by atoms with Crippen LogP contribution < -0.4 is 0 Å². The third kappa shape index (κ3) is 2.20. The molecule has 5 heteroatoms. The summed E-state index contributed by atoms with van der Waals surface area (Å²) in [4.78, 5) is 17.9. The number of carbonyl (C=O) groups is 1. The maximum absolute atomic E-state index is 12.4. The summed E-state index contributed by atoms with van der Waals surface area (Å²) in [5.41, 5.74) is 1.99. The van der Waals surface area contributed by atoms with Gasteiger partial charge in [0.05, 0.1) is 0 Å². The molecule has 0 saturated carbocycles. The van der Waals surface area contributed by atoms with E-state index in [1.54, 1.807) is 16.2 Å². The monoisotopic (exact) mass is 368 g/mol. The molecule has 2 atom stereocenters. The highest BCUT2D eigenvalue weighted by Gasteiger charge is 2.56. The van der Waals surface area contributed by atoms with Crippen molar-refractivity contribution in [3.05, 3.63) is 57.8 Å². The molecule has 4 aliphatic rings. The van der Waals surface area contributed by atoms with Gasteiger partial charge >= 0.3 is 6.09 Å². The minimum Gasteiger partial charge on any atom is -0.465 e. The van der Waals surface area contributed by atoms with E-state index in [1.165, 1.54) is 28.8 Å². The highest BCUT2D eigenvalue weighted by atomic mass is 32.1. The Morgan fingerprint density at radius 3 is 2.58 bits per heavy atom. The van der Waals surface area contributed by atoms with Crippen molar-refractivity contribution in [1.29, 1.82) is 0 Å². The van der Waals surface area contributed by atoms with E-state index in [-0.39, 0.29) is 0 Å². The molecule has 1 N–H and O–H groups in total. The van der Waals surface area contributed by atoms with Gasteiger partial charge in [0.25, 0.3) is 0 Å². The van der Waals surface area contributed by atoms with Crippen molar-refractivity contribution in [1.82, 2.24) is 9.80 Å². The molecule has 0 spiro atoms. The summed E-state index contributed by atoms with van der Waals surface area (Å²) < 4.78 is 0. The van der Waals surface area contributed by atoms with E-state index in [1.807, 2.05) is 0 Å². The Balaban J connectivity index is 1.78. The Labute approximate surface area is 158 Å². The fourth-order valence-electron chi connectivity index (χ4n) is 5.69. The van der Waals surface area contributed by atoms with Crippen molar-refractivity contribution < 1.29 is 9.90 Å². The second-order valence-corrected chi connectivity index (χ2v) is 8.78. The highest BCUT2D eigenvalue weighted by Crippen LogP contribution is 2.54. The van der Waals surface area contributed by atoms with Crippen LogP contribution in [-0.4, -0.2) is 47.2 Å². The van der Waals surface area contributed by atoms with Gasteiger partial charge in [0.2, 0.25) is 0 Å². The van der Waals surface area contributed by atoms with Gasteiger partial charge in [-0.25, -0.2) is 4.79 Å². The Hall–Kier alpha value is -1.85. The van der Waals surface area contributed by atoms with Crippen LogP contribution in [0.2, 0.25) is 0 Å². The first kappa shape index (κ1) is 16.3.